The first-order valence-electron chi connectivity index (χ1n) is 13.3. The number of likely N-dealkylation sites (tertiary alicyclic amines) is 1. The smallest absolute Gasteiger partial charge is 0.416 e. The quantitative estimate of drug-likeness (QED) is 0.454. The zero-order valence-electron chi connectivity index (χ0n) is 22.6. The second kappa shape index (κ2) is 9.39. The van der Waals surface area contributed by atoms with E-state index in [1.54, 1.807) is 44.5 Å². The number of anilines is 1. The Kier molecular flexibility index (Phi) is 6.11. The van der Waals surface area contributed by atoms with E-state index in [2.05, 4.69) is 10.2 Å². The van der Waals surface area contributed by atoms with Crippen LogP contribution >= 0.6 is 0 Å². The number of pyridine rings is 1. The van der Waals surface area contributed by atoms with Crippen LogP contribution in [-0.4, -0.2) is 63.4 Å². The van der Waals surface area contributed by atoms with Crippen LogP contribution in [0, 0.1) is 5.82 Å². The number of carbonyl (C=O) groups excluding carboxylic acids is 2. The molecule has 0 aliphatic carbocycles. The van der Waals surface area contributed by atoms with E-state index in [-0.39, 0.29) is 30.9 Å². The Balaban J connectivity index is 1.50. The second-order valence-corrected chi connectivity index (χ2v) is 11.4. The van der Waals surface area contributed by atoms with Gasteiger partial charge in [0.2, 0.25) is 5.91 Å². The molecule has 0 N–H and O–H groups in total. The predicted octanol–water partition coefficient (Wildman–Crippen LogP) is 4.40. The number of hydrogen-bond acceptors (Lipinski definition) is 7. The Morgan fingerprint density at radius 3 is 2.49 bits per heavy atom. The third-order valence-electron chi connectivity index (χ3n) is 7.66. The summed E-state index contributed by atoms with van der Waals surface area (Å²) >= 11 is 0. The number of hydrogen-bond donors (Lipinski definition) is 0. The Labute approximate surface area is 225 Å². The summed E-state index contributed by atoms with van der Waals surface area (Å²) in [6, 6.07) is 4.92. The molecule has 2 aromatic heterocycles. The summed E-state index contributed by atoms with van der Waals surface area (Å²) in [5.74, 6) is 1.01. The summed E-state index contributed by atoms with van der Waals surface area (Å²) < 4.78 is 35.2. The third-order valence-corrected chi connectivity index (χ3v) is 7.66. The average molecular weight is 538 g/mol. The lowest BCUT2D eigenvalue weighted by Crippen LogP contribution is -2.38. The third kappa shape index (κ3) is 4.53. The number of fused-ring (bicyclic) bond motifs is 3. The number of halogens is 1. The first-order valence-corrected chi connectivity index (χ1v) is 13.3. The van der Waals surface area contributed by atoms with Crippen LogP contribution in [0.3, 0.4) is 0 Å². The van der Waals surface area contributed by atoms with Crippen LogP contribution in [0.4, 0.5) is 15.0 Å². The molecule has 0 bridgehead atoms. The zero-order valence-corrected chi connectivity index (χ0v) is 22.6. The molecule has 6 rings (SSSR count). The summed E-state index contributed by atoms with van der Waals surface area (Å²) in [7, 11) is 0. The second-order valence-electron chi connectivity index (χ2n) is 11.4. The van der Waals surface area contributed by atoms with Gasteiger partial charge < -0.3 is 19.1 Å². The maximum Gasteiger partial charge on any atom is 0.416 e. The van der Waals surface area contributed by atoms with Crippen LogP contribution in [0.15, 0.2) is 24.5 Å². The summed E-state index contributed by atoms with van der Waals surface area (Å²) in [6.45, 7) is 8.77. The number of ether oxygens (including phenoxy) is 3. The Morgan fingerprint density at radius 2 is 1.79 bits per heavy atom. The van der Waals surface area contributed by atoms with Crippen LogP contribution in [0.2, 0.25) is 0 Å². The van der Waals surface area contributed by atoms with Crippen molar-refractivity contribution in [1.29, 1.82) is 0 Å². The highest BCUT2D eigenvalue weighted by Crippen LogP contribution is 2.44. The van der Waals surface area contributed by atoms with Gasteiger partial charge in [0.15, 0.2) is 17.2 Å². The van der Waals surface area contributed by atoms with Crippen LogP contribution < -0.4 is 14.4 Å². The van der Waals surface area contributed by atoms with E-state index < -0.39 is 17.5 Å². The van der Waals surface area contributed by atoms with E-state index in [1.807, 2.05) is 11.0 Å². The highest BCUT2D eigenvalue weighted by molar-refractivity contribution is 5.90. The van der Waals surface area contributed by atoms with Crippen LogP contribution in [0.25, 0.3) is 5.65 Å². The molecule has 0 spiro atoms. The molecule has 10 nitrogen and oxygen atoms in total. The van der Waals surface area contributed by atoms with Gasteiger partial charge in [0.1, 0.15) is 23.5 Å². The zero-order chi connectivity index (χ0) is 27.5. The van der Waals surface area contributed by atoms with E-state index in [1.165, 1.54) is 11.0 Å². The maximum atomic E-state index is 15.4. The average Bonchev–Trinajstić information content (AvgIpc) is 3.54. The first kappa shape index (κ1) is 25.4. The van der Waals surface area contributed by atoms with Crippen molar-refractivity contribution in [1.82, 2.24) is 19.5 Å². The van der Waals surface area contributed by atoms with E-state index in [9.17, 15) is 9.59 Å². The molecule has 11 heteroatoms. The van der Waals surface area contributed by atoms with Crippen molar-refractivity contribution >= 4 is 23.5 Å². The minimum atomic E-state index is -0.781. The summed E-state index contributed by atoms with van der Waals surface area (Å²) in [5.41, 5.74) is 1.83. The molecule has 39 heavy (non-hydrogen) atoms. The van der Waals surface area contributed by atoms with Crippen molar-refractivity contribution < 1.29 is 28.2 Å². The molecule has 0 radical (unpaired) electrons. The standard InChI is InChI=1S/C28H32FN5O5/c1-16(35)32-9-7-17(8-10-32)19-11-23-26(34-15-30-31-25(19)34)33(27(36)39-28(2,3)4)12-20-21(29)5-6-22-24(20)18(13-37-22)14-38-23/h5-6,11,15,17-18H,7-10,12-14H2,1-4H3/t18-/m1/s1. The monoisotopic (exact) mass is 537 g/mol. The van der Waals surface area contributed by atoms with E-state index in [0.29, 0.717) is 53.8 Å². The molecule has 1 aromatic carbocycles. The van der Waals surface area contributed by atoms with Crippen LogP contribution in [0.1, 0.15) is 69.1 Å². The van der Waals surface area contributed by atoms with Crippen LogP contribution in [-0.2, 0) is 16.1 Å². The van der Waals surface area contributed by atoms with Gasteiger partial charge in [-0.2, -0.15) is 0 Å². The predicted molar refractivity (Wildman–Crippen MR) is 140 cm³/mol. The number of nitrogens with zero attached hydrogens (tertiary/aromatic N) is 5. The van der Waals surface area contributed by atoms with Gasteiger partial charge in [-0.1, -0.05) is 0 Å². The summed E-state index contributed by atoms with van der Waals surface area (Å²) in [5, 5.41) is 8.58. The molecule has 3 aliphatic heterocycles. The van der Waals surface area contributed by atoms with E-state index in [0.717, 1.165) is 18.4 Å². The van der Waals surface area contributed by atoms with Gasteiger partial charge in [-0.25, -0.2) is 9.18 Å². The van der Waals surface area contributed by atoms with Gasteiger partial charge in [0.25, 0.3) is 0 Å². The number of rotatable bonds is 1. The minimum Gasteiger partial charge on any atom is -0.493 e. The number of carbonyl (C=O) groups is 2. The highest BCUT2D eigenvalue weighted by atomic mass is 19.1. The van der Waals surface area contributed by atoms with Gasteiger partial charge in [-0.15, -0.1) is 10.2 Å². The normalized spacial score (nSPS) is 19.4. The molecule has 0 saturated carbocycles. The molecule has 5 heterocycles. The number of aromatic nitrogens is 3. The maximum absolute atomic E-state index is 15.4. The molecule has 1 atom stereocenters. The van der Waals surface area contributed by atoms with Gasteiger partial charge in [0, 0.05) is 36.7 Å². The molecule has 0 unspecified atom stereocenters. The number of benzene rings is 1. The minimum absolute atomic E-state index is 0.0665. The van der Waals surface area contributed by atoms with Crippen molar-refractivity contribution in [3.63, 3.8) is 0 Å². The molecular weight excluding hydrogens is 505 g/mol. The fourth-order valence-corrected chi connectivity index (χ4v) is 5.80. The van der Waals surface area contributed by atoms with Crippen molar-refractivity contribution in [3.05, 3.63) is 47.0 Å². The Bertz CT molecular complexity index is 1460. The molecule has 1 fully saturated rings. The molecular formula is C28H32FN5O5. The number of amides is 2. The number of piperidine rings is 1. The summed E-state index contributed by atoms with van der Waals surface area (Å²) in [4.78, 5) is 28.8. The van der Waals surface area contributed by atoms with Crippen molar-refractivity contribution in [2.45, 2.75) is 64.5 Å². The van der Waals surface area contributed by atoms with Gasteiger partial charge in [0.05, 0.1) is 25.7 Å². The molecule has 3 aromatic rings. The van der Waals surface area contributed by atoms with E-state index >= 15 is 4.39 Å². The SMILES string of the molecule is CC(=O)N1CCC(c2cc3c(n4cnnc24)N(C(=O)OC(C)(C)C)Cc2c(F)ccc4c2[C@H](CO4)CO3)CC1. The van der Waals surface area contributed by atoms with Crippen LogP contribution in [0.5, 0.6) is 11.5 Å². The highest BCUT2D eigenvalue weighted by Gasteiger charge is 2.37. The van der Waals surface area contributed by atoms with E-state index in [4.69, 9.17) is 14.2 Å². The van der Waals surface area contributed by atoms with Crippen molar-refractivity contribution in [2.75, 3.05) is 31.2 Å². The Hall–Kier alpha value is -3.89. The lowest BCUT2D eigenvalue weighted by Gasteiger charge is -2.33. The fourth-order valence-electron chi connectivity index (χ4n) is 5.80. The topological polar surface area (TPSA) is 98.5 Å². The Morgan fingerprint density at radius 1 is 1.08 bits per heavy atom. The molecule has 206 valence electrons. The lowest BCUT2D eigenvalue weighted by atomic mass is 9.89. The van der Waals surface area contributed by atoms with Gasteiger partial charge >= 0.3 is 6.09 Å². The van der Waals surface area contributed by atoms with Gasteiger partial charge in [-0.3, -0.25) is 14.1 Å². The van der Waals surface area contributed by atoms with Gasteiger partial charge in [-0.05, 0) is 57.7 Å². The molecule has 2 amide bonds. The van der Waals surface area contributed by atoms with Crippen molar-refractivity contribution in [2.24, 2.45) is 0 Å². The molecule has 1 saturated heterocycles. The van der Waals surface area contributed by atoms with Crippen molar-refractivity contribution in [3.8, 4) is 11.5 Å². The largest absolute Gasteiger partial charge is 0.493 e. The first-order chi connectivity index (χ1) is 18.6. The molecule has 3 aliphatic rings. The lowest BCUT2D eigenvalue weighted by molar-refractivity contribution is -0.129. The fraction of sp³-hybridized carbons (Fsp3) is 0.500. The summed E-state index contributed by atoms with van der Waals surface area (Å²) in [6.07, 6.45) is 2.45.